The van der Waals surface area contributed by atoms with Crippen LogP contribution in [-0.2, 0) is 9.53 Å². The number of carbonyl (C=O) groups excluding carboxylic acids is 2. The fraction of sp³-hybridized carbons (Fsp3) is 0.176. The van der Waals surface area contributed by atoms with Crippen LogP contribution in [0.15, 0.2) is 54.6 Å². The van der Waals surface area contributed by atoms with E-state index in [1.54, 1.807) is 49.4 Å². The van der Waals surface area contributed by atoms with Gasteiger partial charge < -0.3 is 4.74 Å². The van der Waals surface area contributed by atoms with E-state index in [0.29, 0.717) is 12.2 Å². The summed E-state index contributed by atoms with van der Waals surface area (Å²) in [5, 5.41) is 10.8. The van der Waals surface area contributed by atoms with E-state index in [9.17, 15) is 19.7 Å². The number of nitrogens with zero attached hydrogens (tertiary/aromatic N) is 1. The third-order valence-corrected chi connectivity index (χ3v) is 2.73. The van der Waals surface area contributed by atoms with Gasteiger partial charge >= 0.3 is 5.97 Å². The highest BCUT2D eigenvalue weighted by Crippen LogP contribution is 2.20. The number of hydrogen-bond acceptors (Lipinski definition) is 5. The lowest BCUT2D eigenvalue weighted by Gasteiger charge is -2.01. The average molecular weight is 315 g/mol. The third-order valence-electron chi connectivity index (χ3n) is 2.73. The molecule has 0 N–H and O–H groups in total. The molecule has 0 unspecified atom stereocenters. The maximum absolute atomic E-state index is 12.1. The Labute approximate surface area is 133 Å². The predicted molar refractivity (Wildman–Crippen MR) is 85.3 cm³/mol. The lowest BCUT2D eigenvalue weighted by atomic mass is 10.0. The zero-order valence-corrected chi connectivity index (χ0v) is 12.9. The molecule has 6 nitrogen and oxygen atoms in total. The van der Waals surface area contributed by atoms with Gasteiger partial charge in [0, 0.05) is 18.6 Å². The molecule has 0 aliphatic heterocycles. The van der Waals surface area contributed by atoms with Crippen molar-refractivity contribution in [2.24, 2.45) is 0 Å². The van der Waals surface area contributed by atoms with Gasteiger partial charge in [0.1, 0.15) is 5.56 Å². The highest BCUT2D eigenvalue weighted by Gasteiger charge is 2.19. The second-order valence-electron chi connectivity index (χ2n) is 4.39. The smallest absolute Gasteiger partial charge is 0.302 e. The summed E-state index contributed by atoms with van der Waals surface area (Å²) >= 11 is 0. The molecule has 0 bridgehead atoms. The van der Waals surface area contributed by atoms with Gasteiger partial charge in [0.15, 0.2) is 5.78 Å². The van der Waals surface area contributed by atoms with Gasteiger partial charge in [-0.2, -0.15) is 0 Å². The SMILES string of the molecule is CCOC(C)=O.O=C(c1ccccc1)c1ccccc1[N+](=O)[O-]. The van der Waals surface area contributed by atoms with Gasteiger partial charge in [0.25, 0.3) is 5.69 Å². The highest BCUT2D eigenvalue weighted by atomic mass is 16.6. The fourth-order valence-corrected chi connectivity index (χ4v) is 1.77. The molecule has 120 valence electrons. The second-order valence-corrected chi connectivity index (χ2v) is 4.39. The molecular weight excluding hydrogens is 298 g/mol. The van der Waals surface area contributed by atoms with E-state index < -0.39 is 4.92 Å². The highest BCUT2D eigenvalue weighted by molar-refractivity contribution is 6.11. The van der Waals surface area contributed by atoms with Gasteiger partial charge in [-0.05, 0) is 13.0 Å². The summed E-state index contributed by atoms with van der Waals surface area (Å²) in [6.45, 7) is 3.65. The quantitative estimate of drug-likeness (QED) is 0.373. The molecule has 0 saturated carbocycles. The van der Waals surface area contributed by atoms with Crippen LogP contribution in [0.25, 0.3) is 0 Å². The fourth-order valence-electron chi connectivity index (χ4n) is 1.77. The first-order chi connectivity index (χ1) is 11.0. The molecule has 0 heterocycles. The summed E-state index contributed by atoms with van der Waals surface area (Å²) in [7, 11) is 0. The molecule has 23 heavy (non-hydrogen) atoms. The van der Waals surface area contributed by atoms with Gasteiger partial charge in [0.2, 0.25) is 0 Å². The Hall–Kier alpha value is -3.02. The minimum Gasteiger partial charge on any atom is -0.466 e. The Morgan fingerprint density at radius 3 is 2.09 bits per heavy atom. The zero-order valence-electron chi connectivity index (χ0n) is 12.9. The zero-order chi connectivity index (χ0) is 17.2. The Kier molecular flexibility index (Phi) is 7.13. The van der Waals surface area contributed by atoms with Crippen molar-refractivity contribution >= 4 is 17.4 Å². The minimum absolute atomic E-state index is 0.115. The number of hydrogen-bond donors (Lipinski definition) is 0. The Morgan fingerprint density at radius 2 is 1.61 bits per heavy atom. The number of carbonyl (C=O) groups is 2. The monoisotopic (exact) mass is 315 g/mol. The van der Waals surface area contributed by atoms with Gasteiger partial charge in [-0.25, -0.2) is 0 Å². The molecule has 0 atom stereocenters. The lowest BCUT2D eigenvalue weighted by Crippen LogP contribution is -2.04. The van der Waals surface area contributed by atoms with Crippen molar-refractivity contribution in [3.8, 4) is 0 Å². The summed E-state index contributed by atoms with van der Waals surface area (Å²) in [4.78, 5) is 32.2. The molecule has 2 aromatic carbocycles. The van der Waals surface area contributed by atoms with Crippen LogP contribution in [0.5, 0.6) is 0 Å². The number of ketones is 1. The van der Waals surface area contributed by atoms with E-state index in [-0.39, 0.29) is 23.0 Å². The largest absolute Gasteiger partial charge is 0.466 e. The molecule has 0 aromatic heterocycles. The first-order valence-corrected chi connectivity index (χ1v) is 6.93. The van der Waals surface area contributed by atoms with E-state index >= 15 is 0 Å². The topological polar surface area (TPSA) is 86.5 Å². The minimum atomic E-state index is -0.545. The molecule has 2 aromatic rings. The van der Waals surface area contributed by atoms with Crippen molar-refractivity contribution in [1.82, 2.24) is 0 Å². The molecule has 0 aliphatic rings. The first-order valence-electron chi connectivity index (χ1n) is 6.93. The molecular formula is C17H17NO5. The van der Waals surface area contributed by atoms with E-state index in [1.807, 2.05) is 0 Å². The number of para-hydroxylation sites is 1. The van der Waals surface area contributed by atoms with Crippen LogP contribution in [-0.4, -0.2) is 23.3 Å². The number of nitro benzene ring substituents is 1. The predicted octanol–water partition coefficient (Wildman–Crippen LogP) is 3.40. The summed E-state index contributed by atoms with van der Waals surface area (Å²) < 4.78 is 4.40. The third kappa shape index (κ3) is 5.70. The molecule has 6 heteroatoms. The maximum Gasteiger partial charge on any atom is 0.302 e. The number of nitro groups is 1. The van der Waals surface area contributed by atoms with Gasteiger partial charge in [-0.1, -0.05) is 42.5 Å². The molecule has 2 rings (SSSR count). The molecule has 0 spiro atoms. The van der Waals surface area contributed by atoms with E-state index in [2.05, 4.69) is 4.74 Å². The number of esters is 1. The lowest BCUT2D eigenvalue weighted by molar-refractivity contribution is -0.385. The molecule has 0 aliphatic carbocycles. The molecule has 0 fully saturated rings. The van der Waals surface area contributed by atoms with Crippen molar-refractivity contribution in [3.63, 3.8) is 0 Å². The summed E-state index contributed by atoms with van der Waals surface area (Å²) in [5.41, 5.74) is 0.395. The molecule has 0 radical (unpaired) electrons. The van der Waals surface area contributed by atoms with Crippen LogP contribution in [0.2, 0.25) is 0 Å². The number of benzene rings is 2. The average Bonchev–Trinajstić information content (AvgIpc) is 2.55. The van der Waals surface area contributed by atoms with Crippen molar-refractivity contribution < 1.29 is 19.2 Å². The van der Waals surface area contributed by atoms with Crippen molar-refractivity contribution in [2.75, 3.05) is 6.61 Å². The van der Waals surface area contributed by atoms with Crippen molar-refractivity contribution in [2.45, 2.75) is 13.8 Å². The van der Waals surface area contributed by atoms with E-state index in [0.717, 1.165) is 0 Å². The summed E-state index contributed by atoms with van der Waals surface area (Å²) in [6, 6.07) is 14.5. The Morgan fingerprint density at radius 1 is 1.04 bits per heavy atom. The number of rotatable bonds is 4. The Bertz CT molecular complexity index is 682. The van der Waals surface area contributed by atoms with Gasteiger partial charge in [-0.3, -0.25) is 19.7 Å². The van der Waals surface area contributed by atoms with Gasteiger partial charge in [-0.15, -0.1) is 0 Å². The normalized spacial score (nSPS) is 9.30. The first kappa shape index (κ1) is 18.0. The van der Waals surface area contributed by atoms with E-state index in [1.165, 1.54) is 19.1 Å². The van der Waals surface area contributed by atoms with Crippen molar-refractivity contribution in [3.05, 3.63) is 75.8 Å². The molecule has 0 amide bonds. The van der Waals surface area contributed by atoms with Crippen LogP contribution < -0.4 is 0 Å². The standard InChI is InChI=1S/C13H9NO3.C4H8O2/c15-13(10-6-2-1-3-7-10)11-8-4-5-9-12(11)14(16)17;1-3-6-4(2)5/h1-9H;3H2,1-2H3. The van der Waals surface area contributed by atoms with Crippen LogP contribution in [0.1, 0.15) is 29.8 Å². The second kappa shape index (κ2) is 9.09. The maximum atomic E-state index is 12.1. The van der Waals surface area contributed by atoms with Gasteiger partial charge in [0.05, 0.1) is 11.5 Å². The van der Waals surface area contributed by atoms with Crippen LogP contribution >= 0.6 is 0 Å². The van der Waals surface area contributed by atoms with Crippen molar-refractivity contribution in [1.29, 1.82) is 0 Å². The summed E-state index contributed by atoms with van der Waals surface area (Å²) in [6.07, 6.45) is 0. The molecule has 0 saturated heterocycles. The van der Waals surface area contributed by atoms with E-state index in [4.69, 9.17) is 0 Å². The Balaban J connectivity index is 0.000000379. The summed E-state index contributed by atoms with van der Waals surface area (Å²) in [5.74, 6) is -0.546. The van der Waals surface area contributed by atoms with Crippen LogP contribution in [0.3, 0.4) is 0 Å². The van der Waals surface area contributed by atoms with Crippen LogP contribution in [0, 0.1) is 10.1 Å². The number of ether oxygens (including phenoxy) is 1. The van der Waals surface area contributed by atoms with Crippen LogP contribution in [0.4, 0.5) is 5.69 Å².